The van der Waals surface area contributed by atoms with Crippen molar-refractivity contribution < 1.29 is 4.79 Å². The van der Waals surface area contributed by atoms with E-state index in [1.807, 2.05) is 0 Å². The maximum atomic E-state index is 13.3. The molecule has 2 unspecified atom stereocenters. The number of hydrogen-bond acceptors (Lipinski definition) is 2. The van der Waals surface area contributed by atoms with Gasteiger partial charge in [0.15, 0.2) is 0 Å². The molecule has 4 atom stereocenters. The highest BCUT2D eigenvalue weighted by Gasteiger charge is 2.54. The molecular formula is C25H30N2O. The van der Waals surface area contributed by atoms with Crippen LogP contribution in [0.4, 0.5) is 0 Å². The van der Waals surface area contributed by atoms with Gasteiger partial charge in [-0.3, -0.25) is 9.69 Å². The fraction of sp³-hybridized carbons (Fsp3) is 0.480. The van der Waals surface area contributed by atoms with Crippen LogP contribution >= 0.6 is 0 Å². The summed E-state index contributed by atoms with van der Waals surface area (Å²) in [7, 11) is 0. The van der Waals surface area contributed by atoms with Crippen molar-refractivity contribution >= 4 is 5.91 Å². The van der Waals surface area contributed by atoms with Gasteiger partial charge in [-0.1, -0.05) is 67.1 Å². The van der Waals surface area contributed by atoms with Gasteiger partial charge >= 0.3 is 0 Å². The topological polar surface area (TPSA) is 32.3 Å². The zero-order chi connectivity index (χ0) is 19.0. The monoisotopic (exact) mass is 374 g/mol. The highest BCUT2D eigenvalue weighted by atomic mass is 16.2. The zero-order valence-corrected chi connectivity index (χ0v) is 16.5. The summed E-state index contributed by atoms with van der Waals surface area (Å²) < 4.78 is 0. The Hall–Kier alpha value is -2.13. The van der Waals surface area contributed by atoms with Crippen molar-refractivity contribution in [3.8, 4) is 0 Å². The lowest BCUT2D eigenvalue weighted by Crippen LogP contribution is -2.57. The normalized spacial score (nSPS) is 33.3. The van der Waals surface area contributed by atoms with Crippen LogP contribution in [0.25, 0.3) is 0 Å². The molecule has 146 valence electrons. The van der Waals surface area contributed by atoms with E-state index in [2.05, 4.69) is 70.9 Å². The molecule has 0 spiro atoms. The van der Waals surface area contributed by atoms with E-state index in [9.17, 15) is 4.79 Å². The average molecular weight is 375 g/mol. The summed E-state index contributed by atoms with van der Waals surface area (Å²) in [5.41, 5.74) is 2.72. The number of carbonyl (C=O) groups excluding carboxylic acids is 1. The Bertz CT molecular complexity index is 763. The minimum Gasteiger partial charge on any atom is -0.354 e. The molecule has 1 N–H and O–H groups in total. The fourth-order valence-corrected chi connectivity index (χ4v) is 6.10. The van der Waals surface area contributed by atoms with Crippen LogP contribution in [0.1, 0.15) is 55.1 Å². The van der Waals surface area contributed by atoms with Crippen molar-refractivity contribution in [2.75, 3.05) is 19.6 Å². The minimum absolute atomic E-state index is 0.0187. The number of amides is 1. The molecule has 6 rings (SSSR count). The predicted molar refractivity (Wildman–Crippen MR) is 112 cm³/mol. The van der Waals surface area contributed by atoms with E-state index >= 15 is 0 Å². The summed E-state index contributed by atoms with van der Waals surface area (Å²) in [6.45, 7) is 3.14. The van der Waals surface area contributed by atoms with Crippen LogP contribution in [0.15, 0.2) is 60.7 Å². The Labute approximate surface area is 168 Å². The quantitative estimate of drug-likeness (QED) is 0.868. The molecule has 3 heteroatoms. The van der Waals surface area contributed by atoms with Gasteiger partial charge in [-0.25, -0.2) is 0 Å². The Kier molecular flexibility index (Phi) is 4.72. The number of nitrogens with zero attached hydrogens (tertiary/aromatic N) is 1. The van der Waals surface area contributed by atoms with E-state index in [4.69, 9.17) is 0 Å². The SMILES string of the molecule is O=C1NCC2(N3CCCCC3)C[C@H](c3ccccc3)C1[C@H](c1ccccc1)C2. The second-order valence-corrected chi connectivity index (χ2v) is 8.96. The predicted octanol–water partition coefficient (Wildman–Crippen LogP) is 4.32. The summed E-state index contributed by atoms with van der Waals surface area (Å²) in [6.07, 6.45) is 6.08. The smallest absolute Gasteiger partial charge is 0.224 e. The Morgan fingerprint density at radius 2 is 1.32 bits per heavy atom. The number of piperidine rings is 1. The van der Waals surface area contributed by atoms with E-state index in [1.54, 1.807) is 0 Å². The van der Waals surface area contributed by atoms with Gasteiger partial charge in [0, 0.05) is 12.1 Å². The summed E-state index contributed by atoms with van der Waals surface area (Å²) in [5, 5.41) is 3.36. The fourth-order valence-electron chi connectivity index (χ4n) is 6.10. The van der Waals surface area contributed by atoms with Gasteiger partial charge < -0.3 is 5.32 Å². The number of likely N-dealkylation sites (tertiary alicyclic amines) is 1. The van der Waals surface area contributed by atoms with Crippen molar-refractivity contribution in [3.63, 3.8) is 0 Å². The van der Waals surface area contributed by atoms with Gasteiger partial charge in [-0.2, -0.15) is 0 Å². The molecule has 4 aliphatic rings. The first kappa shape index (κ1) is 17.9. The average Bonchev–Trinajstić information content (AvgIpc) is 3.02. The molecule has 2 aromatic rings. The largest absolute Gasteiger partial charge is 0.354 e. The Morgan fingerprint density at radius 1 is 0.786 bits per heavy atom. The summed E-state index contributed by atoms with van der Waals surface area (Å²) >= 11 is 0. The van der Waals surface area contributed by atoms with E-state index in [1.165, 1.54) is 43.5 Å². The number of carbonyl (C=O) groups is 1. The second-order valence-electron chi connectivity index (χ2n) is 8.96. The molecule has 3 saturated heterocycles. The first-order chi connectivity index (χ1) is 13.8. The third kappa shape index (κ3) is 3.06. The van der Waals surface area contributed by atoms with Crippen molar-refractivity contribution in [3.05, 3.63) is 71.8 Å². The highest BCUT2D eigenvalue weighted by molar-refractivity contribution is 5.82. The number of nitrogens with one attached hydrogen (secondary N) is 1. The molecule has 4 fully saturated rings. The molecule has 1 aliphatic carbocycles. The maximum absolute atomic E-state index is 13.3. The van der Waals surface area contributed by atoms with Gasteiger partial charge in [-0.15, -0.1) is 0 Å². The van der Waals surface area contributed by atoms with Crippen LogP contribution in [0.2, 0.25) is 0 Å². The third-order valence-corrected chi connectivity index (χ3v) is 7.44. The lowest BCUT2D eigenvalue weighted by Gasteiger charge is -2.52. The molecular weight excluding hydrogens is 344 g/mol. The van der Waals surface area contributed by atoms with Gasteiger partial charge in [0.05, 0.1) is 5.92 Å². The van der Waals surface area contributed by atoms with Crippen molar-refractivity contribution in [2.24, 2.45) is 5.92 Å². The first-order valence-electron chi connectivity index (χ1n) is 10.9. The highest BCUT2D eigenvalue weighted by Crippen LogP contribution is 2.53. The van der Waals surface area contributed by atoms with E-state index in [0.717, 1.165) is 19.4 Å². The van der Waals surface area contributed by atoms with Crippen LogP contribution in [0, 0.1) is 5.92 Å². The number of benzene rings is 2. The Morgan fingerprint density at radius 3 is 1.86 bits per heavy atom. The molecule has 3 aliphatic heterocycles. The summed E-state index contributed by atoms with van der Waals surface area (Å²) in [6, 6.07) is 21.5. The van der Waals surface area contributed by atoms with Gasteiger partial charge in [0.1, 0.15) is 0 Å². The molecule has 2 aromatic carbocycles. The van der Waals surface area contributed by atoms with E-state index < -0.39 is 0 Å². The lowest BCUT2D eigenvalue weighted by molar-refractivity contribution is -0.125. The molecule has 28 heavy (non-hydrogen) atoms. The molecule has 3 nitrogen and oxygen atoms in total. The van der Waals surface area contributed by atoms with Crippen molar-refractivity contribution in [2.45, 2.75) is 49.5 Å². The molecule has 2 bridgehead atoms. The molecule has 3 heterocycles. The van der Waals surface area contributed by atoms with E-state index in [0.29, 0.717) is 0 Å². The van der Waals surface area contributed by atoms with Gasteiger partial charge in [0.2, 0.25) is 5.91 Å². The van der Waals surface area contributed by atoms with Crippen molar-refractivity contribution in [1.29, 1.82) is 0 Å². The zero-order valence-electron chi connectivity index (χ0n) is 16.5. The summed E-state index contributed by atoms with van der Waals surface area (Å²) in [4.78, 5) is 16.1. The number of rotatable bonds is 3. The molecule has 0 radical (unpaired) electrons. The van der Waals surface area contributed by atoms with Crippen LogP contribution in [-0.2, 0) is 4.79 Å². The first-order valence-corrected chi connectivity index (χ1v) is 10.9. The van der Waals surface area contributed by atoms with Gasteiger partial charge in [-0.05, 0) is 61.7 Å². The molecule has 1 amide bonds. The molecule has 1 saturated carbocycles. The van der Waals surface area contributed by atoms with Crippen LogP contribution in [-0.4, -0.2) is 36.0 Å². The lowest BCUT2D eigenvalue weighted by atomic mass is 9.61. The number of hydrogen-bond donors (Lipinski definition) is 1. The Balaban J connectivity index is 1.61. The maximum Gasteiger partial charge on any atom is 0.224 e. The number of fused-ring (bicyclic) bond motifs is 4. The van der Waals surface area contributed by atoms with Crippen molar-refractivity contribution in [1.82, 2.24) is 10.2 Å². The third-order valence-electron chi connectivity index (χ3n) is 7.44. The summed E-state index contributed by atoms with van der Waals surface area (Å²) in [5.74, 6) is 0.832. The second kappa shape index (κ2) is 7.36. The van der Waals surface area contributed by atoms with Gasteiger partial charge in [0.25, 0.3) is 0 Å². The van der Waals surface area contributed by atoms with Crippen LogP contribution < -0.4 is 5.32 Å². The molecule has 0 aromatic heterocycles. The minimum atomic E-state index is 0.0187. The van der Waals surface area contributed by atoms with Crippen LogP contribution in [0.5, 0.6) is 0 Å². The van der Waals surface area contributed by atoms with Crippen LogP contribution in [0.3, 0.4) is 0 Å². The standard InChI is InChI=1S/C25H30N2O/c28-24-23-21(19-10-4-1-5-11-19)16-25(18-26-24,27-14-8-3-9-15-27)17-22(23)20-12-6-2-7-13-20/h1-2,4-7,10-13,21-23H,3,8-9,14-18H2,(H,26,28)/t21-,22+,23?,25?. The van der Waals surface area contributed by atoms with E-state index in [-0.39, 0.29) is 29.2 Å².